The van der Waals surface area contributed by atoms with E-state index in [1.54, 1.807) is 0 Å². The Morgan fingerprint density at radius 1 is 1.05 bits per heavy atom. The molecule has 3 rings (SSSR count). The molecular formula is C17H17F2N. The lowest BCUT2D eigenvalue weighted by Gasteiger charge is -2.26. The Hall–Kier alpha value is -1.74. The highest BCUT2D eigenvalue weighted by Crippen LogP contribution is 2.34. The van der Waals surface area contributed by atoms with Crippen molar-refractivity contribution >= 4 is 0 Å². The van der Waals surface area contributed by atoms with Crippen molar-refractivity contribution in [2.45, 2.75) is 25.3 Å². The van der Waals surface area contributed by atoms with Gasteiger partial charge in [0.1, 0.15) is 11.6 Å². The van der Waals surface area contributed by atoms with E-state index >= 15 is 0 Å². The molecule has 0 saturated heterocycles. The van der Waals surface area contributed by atoms with Crippen molar-refractivity contribution in [2.75, 3.05) is 7.05 Å². The summed E-state index contributed by atoms with van der Waals surface area (Å²) in [7, 11) is 1.95. The maximum absolute atomic E-state index is 14.0. The second-order valence-electron chi connectivity index (χ2n) is 5.27. The Kier molecular flexibility index (Phi) is 3.53. The van der Waals surface area contributed by atoms with Gasteiger partial charge in [-0.1, -0.05) is 24.3 Å². The van der Waals surface area contributed by atoms with E-state index in [2.05, 4.69) is 11.4 Å². The van der Waals surface area contributed by atoms with Crippen LogP contribution in [-0.2, 0) is 12.8 Å². The standard InChI is InChI=1S/C17H17F2N/c1-20-12-8-9-13-11(10-12)4-2-5-14(13)17-15(18)6-3-7-16(17)19/h2-7,12,20H,8-10H2,1H3. The van der Waals surface area contributed by atoms with Gasteiger partial charge in [0.25, 0.3) is 0 Å². The van der Waals surface area contributed by atoms with Gasteiger partial charge in [0.2, 0.25) is 0 Å². The van der Waals surface area contributed by atoms with Crippen molar-refractivity contribution in [2.24, 2.45) is 0 Å². The zero-order chi connectivity index (χ0) is 14.1. The predicted octanol–water partition coefficient (Wildman–Crippen LogP) is 3.71. The molecule has 2 aromatic rings. The minimum absolute atomic E-state index is 0.104. The van der Waals surface area contributed by atoms with Crippen molar-refractivity contribution in [1.82, 2.24) is 5.32 Å². The van der Waals surface area contributed by atoms with Crippen molar-refractivity contribution in [3.8, 4) is 11.1 Å². The van der Waals surface area contributed by atoms with Crippen LogP contribution in [0.5, 0.6) is 0 Å². The first-order valence-corrected chi connectivity index (χ1v) is 6.93. The maximum atomic E-state index is 14.0. The summed E-state index contributed by atoms with van der Waals surface area (Å²) in [6.45, 7) is 0. The molecule has 1 unspecified atom stereocenters. The van der Waals surface area contributed by atoms with Gasteiger partial charge in [-0.05, 0) is 55.1 Å². The fourth-order valence-electron chi connectivity index (χ4n) is 3.04. The van der Waals surface area contributed by atoms with E-state index in [0.29, 0.717) is 11.6 Å². The van der Waals surface area contributed by atoms with Crippen LogP contribution in [0.25, 0.3) is 11.1 Å². The second-order valence-corrected chi connectivity index (χ2v) is 5.27. The van der Waals surface area contributed by atoms with Crippen LogP contribution in [0.2, 0.25) is 0 Å². The fraction of sp³-hybridized carbons (Fsp3) is 0.294. The van der Waals surface area contributed by atoms with Gasteiger partial charge < -0.3 is 5.32 Å². The zero-order valence-corrected chi connectivity index (χ0v) is 11.4. The van der Waals surface area contributed by atoms with Gasteiger partial charge in [-0.15, -0.1) is 0 Å². The van der Waals surface area contributed by atoms with Crippen LogP contribution in [0.15, 0.2) is 36.4 Å². The van der Waals surface area contributed by atoms with Crippen molar-refractivity contribution in [1.29, 1.82) is 0 Å². The SMILES string of the molecule is CNC1CCc2c(cccc2-c2c(F)cccc2F)C1. The summed E-state index contributed by atoms with van der Waals surface area (Å²) in [5.74, 6) is -0.983. The van der Waals surface area contributed by atoms with Crippen molar-refractivity contribution in [3.05, 3.63) is 59.2 Å². The lowest BCUT2D eigenvalue weighted by Crippen LogP contribution is -2.31. The molecule has 104 valence electrons. The zero-order valence-electron chi connectivity index (χ0n) is 11.4. The number of likely N-dealkylation sites (N-methyl/N-ethyl adjacent to an activating group) is 1. The number of hydrogen-bond donors (Lipinski definition) is 1. The lowest BCUT2D eigenvalue weighted by atomic mass is 9.83. The Balaban J connectivity index is 2.13. The normalized spacial score (nSPS) is 17.9. The van der Waals surface area contributed by atoms with Crippen molar-refractivity contribution in [3.63, 3.8) is 0 Å². The molecule has 3 heteroatoms. The molecule has 1 nitrogen and oxygen atoms in total. The van der Waals surface area contributed by atoms with E-state index in [0.717, 1.165) is 24.8 Å². The van der Waals surface area contributed by atoms with Crippen LogP contribution in [0.3, 0.4) is 0 Å². The monoisotopic (exact) mass is 273 g/mol. The van der Waals surface area contributed by atoms with Gasteiger partial charge in [-0.3, -0.25) is 0 Å². The summed E-state index contributed by atoms with van der Waals surface area (Å²) >= 11 is 0. The number of nitrogens with one attached hydrogen (secondary N) is 1. The average Bonchev–Trinajstić information content (AvgIpc) is 2.46. The third-order valence-electron chi connectivity index (χ3n) is 4.12. The van der Waals surface area contributed by atoms with Gasteiger partial charge in [0.05, 0.1) is 5.56 Å². The summed E-state index contributed by atoms with van der Waals surface area (Å²) in [6.07, 6.45) is 2.76. The molecule has 0 aromatic heterocycles. The summed E-state index contributed by atoms with van der Waals surface area (Å²) in [4.78, 5) is 0. The molecule has 1 aliphatic rings. The summed E-state index contributed by atoms with van der Waals surface area (Å²) < 4.78 is 28.0. The van der Waals surface area contributed by atoms with Crippen molar-refractivity contribution < 1.29 is 8.78 Å². The lowest BCUT2D eigenvalue weighted by molar-refractivity contribution is 0.496. The number of rotatable bonds is 2. The third kappa shape index (κ3) is 2.22. The molecule has 0 bridgehead atoms. The predicted molar refractivity (Wildman–Crippen MR) is 76.7 cm³/mol. The first kappa shape index (κ1) is 13.3. The van der Waals surface area contributed by atoms with E-state index in [-0.39, 0.29) is 5.56 Å². The molecule has 0 saturated carbocycles. The second kappa shape index (κ2) is 5.33. The fourth-order valence-corrected chi connectivity index (χ4v) is 3.04. The Bertz CT molecular complexity index is 617. The smallest absolute Gasteiger partial charge is 0.133 e. The van der Waals surface area contributed by atoms with Gasteiger partial charge in [-0.25, -0.2) is 8.78 Å². The largest absolute Gasteiger partial charge is 0.317 e. The van der Waals surface area contributed by atoms with E-state index in [4.69, 9.17) is 0 Å². The summed E-state index contributed by atoms with van der Waals surface area (Å²) in [5.41, 5.74) is 3.08. The van der Waals surface area contributed by atoms with Gasteiger partial charge in [0, 0.05) is 6.04 Å². The minimum Gasteiger partial charge on any atom is -0.317 e. The summed E-state index contributed by atoms with van der Waals surface area (Å²) in [6, 6.07) is 10.2. The van der Waals surface area contributed by atoms with E-state index in [9.17, 15) is 8.78 Å². The van der Waals surface area contributed by atoms with Crippen LogP contribution in [-0.4, -0.2) is 13.1 Å². The molecule has 0 aliphatic heterocycles. The van der Waals surface area contributed by atoms with Crippen LogP contribution < -0.4 is 5.32 Å². The Morgan fingerprint density at radius 3 is 2.45 bits per heavy atom. The molecular weight excluding hydrogens is 256 g/mol. The molecule has 1 atom stereocenters. The first-order valence-electron chi connectivity index (χ1n) is 6.93. The van der Waals surface area contributed by atoms with E-state index in [1.807, 2.05) is 19.2 Å². The van der Waals surface area contributed by atoms with Crippen LogP contribution in [0, 0.1) is 11.6 Å². The molecule has 0 spiro atoms. The van der Waals surface area contributed by atoms with E-state index < -0.39 is 11.6 Å². The van der Waals surface area contributed by atoms with Crippen LogP contribution in [0.4, 0.5) is 8.78 Å². The quantitative estimate of drug-likeness (QED) is 0.879. The molecule has 1 aliphatic carbocycles. The molecule has 0 amide bonds. The molecule has 0 heterocycles. The van der Waals surface area contributed by atoms with Gasteiger partial charge >= 0.3 is 0 Å². The van der Waals surface area contributed by atoms with Gasteiger partial charge in [0.15, 0.2) is 0 Å². The highest BCUT2D eigenvalue weighted by atomic mass is 19.1. The topological polar surface area (TPSA) is 12.0 Å². The Labute approximate surface area is 117 Å². The van der Waals surface area contributed by atoms with Crippen LogP contribution in [0.1, 0.15) is 17.5 Å². The van der Waals surface area contributed by atoms with Gasteiger partial charge in [-0.2, -0.15) is 0 Å². The third-order valence-corrected chi connectivity index (χ3v) is 4.12. The molecule has 1 N–H and O–H groups in total. The number of hydrogen-bond acceptors (Lipinski definition) is 1. The van der Waals surface area contributed by atoms with Crippen LogP contribution >= 0.6 is 0 Å². The number of fused-ring (bicyclic) bond motifs is 1. The number of halogens is 2. The molecule has 2 aromatic carbocycles. The molecule has 0 fully saturated rings. The Morgan fingerprint density at radius 2 is 1.75 bits per heavy atom. The number of benzene rings is 2. The summed E-state index contributed by atoms with van der Waals surface area (Å²) in [5, 5.41) is 3.28. The minimum atomic E-state index is -0.492. The highest BCUT2D eigenvalue weighted by molar-refractivity contribution is 5.70. The first-order chi connectivity index (χ1) is 9.70. The molecule has 20 heavy (non-hydrogen) atoms. The highest BCUT2D eigenvalue weighted by Gasteiger charge is 2.22. The average molecular weight is 273 g/mol. The maximum Gasteiger partial charge on any atom is 0.133 e. The van der Waals surface area contributed by atoms with E-state index in [1.165, 1.54) is 23.8 Å². The molecule has 0 radical (unpaired) electrons.